The predicted octanol–water partition coefficient (Wildman–Crippen LogP) is 1.28. The van der Waals surface area contributed by atoms with Gasteiger partial charge in [-0.25, -0.2) is 0 Å². The van der Waals surface area contributed by atoms with Crippen molar-refractivity contribution in [2.24, 2.45) is 11.7 Å². The molecule has 1 saturated carbocycles. The van der Waals surface area contributed by atoms with Gasteiger partial charge in [-0.05, 0) is 12.3 Å². The van der Waals surface area contributed by atoms with Crippen molar-refractivity contribution in [2.75, 3.05) is 13.1 Å². The highest BCUT2D eigenvalue weighted by atomic mass is 16.2. The van der Waals surface area contributed by atoms with Gasteiger partial charge in [0.1, 0.15) is 0 Å². The van der Waals surface area contributed by atoms with Gasteiger partial charge in [0, 0.05) is 37.3 Å². The van der Waals surface area contributed by atoms with E-state index in [4.69, 9.17) is 5.73 Å². The highest BCUT2D eigenvalue weighted by Gasteiger charge is 2.28. The number of amides is 1. The van der Waals surface area contributed by atoms with Gasteiger partial charge in [-0.3, -0.25) is 14.6 Å². The highest BCUT2D eigenvalue weighted by molar-refractivity contribution is 5.92. The second-order valence-corrected chi connectivity index (χ2v) is 7.47. The first-order valence-corrected chi connectivity index (χ1v) is 9.69. The maximum atomic E-state index is 12.8. The molecule has 3 N–H and O–H groups in total. The Balaban J connectivity index is 1.46. The van der Waals surface area contributed by atoms with Crippen LogP contribution in [0.15, 0.2) is 6.20 Å². The van der Waals surface area contributed by atoms with Crippen molar-refractivity contribution in [2.45, 2.75) is 58.0 Å². The van der Waals surface area contributed by atoms with Crippen LogP contribution in [0, 0.1) is 5.92 Å². The standard InChI is InChI=1S/C18H27N7O/c19-7-9-25-12-17(22-23-25)18(26)24-8-6-15-14(11-24)16(21-20-15)10-13-4-2-1-3-5-13/h12-13H,1-11,19H2,(H,20,21). The van der Waals surface area contributed by atoms with Crippen LogP contribution in [-0.2, 0) is 25.9 Å². The molecule has 1 fully saturated rings. The van der Waals surface area contributed by atoms with Gasteiger partial charge in [0.25, 0.3) is 5.91 Å². The Morgan fingerprint density at radius 3 is 2.96 bits per heavy atom. The minimum atomic E-state index is -0.0660. The molecule has 0 aromatic carbocycles. The van der Waals surface area contributed by atoms with Crippen LogP contribution in [0.3, 0.4) is 0 Å². The van der Waals surface area contributed by atoms with Crippen LogP contribution in [0.2, 0.25) is 0 Å². The lowest BCUT2D eigenvalue weighted by Crippen LogP contribution is -2.36. The van der Waals surface area contributed by atoms with Crippen LogP contribution < -0.4 is 5.73 Å². The molecule has 140 valence electrons. The van der Waals surface area contributed by atoms with E-state index in [0.717, 1.165) is 24.5 Å². The largest absolute Gasteiger partial charge is 0.332 e. The molecule has 0 radical (unpaired) electrons. The average Bonchev–Trinajstić information content (AvgIpc) is 3.29. The van der Waals surface area contributed by atoms with Gasteiger partial charge in [-0.2, -0.15) is 5.10 Å². The zero-order chi connectivity index (χ0) is 17.9. The van der Waals surface area contributed by atoms with E-state index in [-0.39, 0.29) is 5.91 Å². The van der Waals surface area contributed by atoms with Crippen molar-refractivity contribution in [1.29, 1.82) is 0 Å². The number of carbonyl (C=O) groups excluding carboxylic acids is 1. The molecule has 0 unspecified atom stereocenters. The fourth-order valence-electron chi connectivity index (χ4n) is 4.16. The molecule has 0 atom stereocenters. The summed E-state index contributed by atoms with van der Waals surface area (Å²) >= 11 is 0. The molecule has 2 aromatic rings. The molecule has 1 aliphatic heterocycles. The van der Waals surface area contributed by atoms with Gasteiger partial charge in [-0.1, -0.05) is 37.3 Å². The van der Waals surface area contributed by atoms with Crippen LogP contribution in [0.1, 0.15) is 59.5 Å². The van der Waals surface area contributed by atoms with E-state index in [1.165, 1.54) is 43.4 Å². The molecule has 4 rings (SSSR count). The van der Waals surface area contributed by atoms with E-state index in [1.807, 2.05) is 4.90 Å². The summed E-state index contributed by atoms with van der Waals surface area (Å²) < 4.78 is 1.62. The normalized spacial score (nSPS) is 18.1. The molecule has 26 heavy (non-hydrogen) atoms. The van der Waals surface area contributed by atoms with E-state index in [9.17, 15) is 4.79 Å². The van der Waals surface area contributed by atoms with Crippen molar-refractivity contribution in [1.82, 2.24) is 30.1 Å². The third-order valence-electron chi connectivity index (χ3n) is 5.63. The van der Waals surface area contributed by atoms with Gasteiger partial charge < -0.3 is 10.6 Å². The molecular formula is C18H27N7O. The SMILES string of the molecule is NCCn1cc(C(=O)N2CCc3[nH]nc(CC4CCCCC4)c3C2)nn1. The predicted molar refractivity (Wildman–Crippen MR) is 96.4 cm³/mol. The van der Waals surface area contributed by atoms with Crippen molar-refractivity contribution >= 4 is 5.91 Å². The second-order valence-electron chi connectivity index (χ2n) is 7.47. The Bertz CT molecular complexity index is 759. The number of nitrogens with zero attached hydrogens (tertiary/aromatic N) is 5. The second kappa shape index (κ2) is 7.57. The Kier molecular flexibility index (Phi) is 5.01. The minimum absolute atomic E-state index is 0.0660. The molecule has 3 heterocycles. The molecule has 2 aromatic heterocycles. The summed E-state index contributed by atoms with van der Waals surface area (Å²) in [6.07, 6.45) is 10.2. The van der Waals surface area contributed by atoms with E-state index in [1.54, 1.807) is 10.9 Å². The summed E-state index contributed by atoms with van der Waals surface area (Å²) in [5.41, 5.74) is 9.47. The van der Waals surface area contributed by atoms with Gasteiger partial charge in [0.2, 0.25) is 0 Å². The number of nitrogens with one attached hydrogen (secondary N) is 1. The number of rotatable bonds is 5. The Labute approximate surface area is 153 Å². The topological polar surface area (TPSA) is 106 Å². The number of aromatic amines is 1. The first-order chi connectivity index (χ1) is 12.7. The third kappa shape index (κ3) is 3.51. The maximum Gasteiger partial charge on any atom is 0.276 e. The molecule has 0 bridgehead atoms. The number of hydrogen-bond acceptors (Lipinski definition) is 5. The number of carbonyl (C=O) groups is 1. The maximum absolute atomic E-state index is 12.8. The van der Waals surface area contributed by atoms with Crippen molar-refractivity contribution < 1.29 is 4.79 Å². The Morgan fingerprint density at radius 1 is 1.31 bits per heavy atom. The van der Waals surface area contributed by atoms with Crippen LogP contribution >= 0.6 is 0 Å². The van der Waals surface area contributed by atoms with Gasteiger partial charge in [-0.15, -0.1) is 5.10 Å². The molecule has 8 nitrogen and oxygen atoms in total. The summed E-state index contributed by atoms with van der Waals surface area (Å²) in [5.74, 6) is 0.669. The van der Waals surface area contributed by atoms with Gasteiger partial charge in [0.05, 0.1) is 18.4 Å². The van der Waals surface area contributed by atoms with Crippen LogP contribution in [0.4, 0.5) is 0 Å². The van der Waals surface area contributed by atoms with Crippen LogP contribution in [0.5, 0.6) is 0 Å². The van der Waals surface area contributed by atoms with E-state index in [2.05, 4.69) is 20.5 Å². The first kappa shape index (κ1) is 17.2. The monoisotopic (exact) mass is 357 g/mol. The summed E-state index contributed by atoms with van der Waals surface area (Å²) in [7, 11) is 0. The van der Waals surface area contributed by atoms with E-state index >= 15 is 0 Å². The highest BCUT2D eigenvalue weighted by Crippen LogP contribution is 2.29. The fraction of sp³-hybridized carbons (Fsp3) is 0.667. The Morgan fingerprint density at radius 2 is 2.15 bits per heavy atom. The minimum Gasteiger partial charge on any atom is -0.332 e. The molecular weight excluding hydrogens is 330 g/mol. The van der Waals surface area contributed by atoms with E-state index in [0.29, 0.717) is 31.9 Å². The molecule has 1 amide bonds. The number of H-pyrrole nitrogens is 1. The summed E-state index contributed by atoms with van der Waals surface area (Å²) in [5, 5.41) is 15.8. The van der Waals surface area contributed by atoms with Gasteiger partial charge in [0.15, 0.2) is 5.69 Å². The molecule has 0 spiro atoms. The van der Waals surface area contributed by atoms with Crippen molar-refractivity contribution in [3.63, 3.8) is 0 Å². The van der Waals surface area contributed by atoms with Gasteiger partial charge >= 0.3 is 0 Å². The zero-order valence-electron chi connectivity index (χ0n) is 15.2. The lowest BCUT2D eigenvalue weighted by atomic mass is 9.85. The smallest absolute Gasteiger partial charge is 0.276 e. The van der Waals surface area contributed by atoms with Crippen LogP contribution in [0.25, 0.3) is 0 Å². The number of aromatic nitrogens is 5. The van der Waals surface area contributed by atoms with Crippen LogP contribution in [-0.4, -0.2) is 49.1 Å². The fourth-order valence-corrected chi connectivity index (χ4v) is 4.16. The van der Waals surface area contributed by atoms with Crippen molar-refractivity contribution in [3.05, 3.63) is 28.8 Å². The molecule has 2 aliphatic rings. The summed E-state index contributed by atoms with van der Waals surface area (Å²) in [4.78, 5) is 14.7. The van der Waals surface area contributed by atoms with Crippen molar-refractivity contribution in [3.8, 4) is 0 Å². The lowest BCUT2D eigenvalue weighted by molar-refractivity contribution is 0.0727. The average molecular weight is 357 g/mol. The quantitative estimate of drug-likeness (QED) is 0.838. The summed E-state index contributed by atoms with van der Waals surface area (Å²) in [6.45, 7) is 2.33. The Hall–Kier alpha value is -2.22. The molecule has 0 saturated heterocycles. The number of fused-ring (bicyclic) bond motifs is 1. The van der Waals surface area contributed by atoms with E-state index < -0.39 is 0 Å². The molecule has 8 heteroatoms. The zero-order valence-corrected chi connectivity index (χ0v) is 15.2. The third-order valence-corrected chi connectivity index (χ3v) is 5.63. The first-order valence-electron chi connectivity index (χ1n) is 9.69. The number of nitrogens with two attached hydrogens (primary N) is 1. The summed E-state index contributed by atoms with van der Waals surface area (Å²) in [6, 6.07) is 0. The number of hydrogen-bond donors (Lipinski definition) is 2. The lowest BCUT2D eigenvalue weighted by Gasteiger charge is -2.27. The molecule has 1 aliphatic carbocycles.